The lowest BCUT2D eigenvalue weighted by molar-refractivity contribution is -0.153. The van der Waals surface area contributed by atoms with Crippen molar-refractivity contribution in [2.24, 2.45) is 5.92 Å². The van der Waals surface area contributed by atoms with Gasteiger partial charge in [-0.3, -0.25) is 9.59 Å². The minimum Gasteiger partial charge on any atom is -0.454 e. The summed E-state index contributed by atoms with van der Waals surface area (Å²) in [6.07, 6.45) is -4.62. The van der Waals surface area contributed by atoms with E-state index < -0.39 is 58.1 Å². The minimum absolute atomic E-state index is 0.178. The van der Waals surface area contributed by atoms with E-state index in [9.17, 15) is 31.2 Å². The third-order valence-corrected chi connectivity index (χ3v) is 5.62. The molecule has 13 heteroatoms. The Kier molecular flexibility index (Phi) is 8.54. The van der Waals surface area contributed by atoms with Gasteiger partial charge in [0.05, 0.1) is 10.0 Å². The van der Waals surface area contributed by atoms with Crippen LogP contribution in [0.3, 0.4) is 0 Å². The van der Waals surface area contributed by atoms with E-state index in [0.717, 1.165) is 0 Å². The van der Waals surface area contributed by atoms with Crippen molar-refractivity contribution >= 4 is 45.1 Å². The molecule has 1 atom stereocenters. The van der Waals surface area contributed by atoms with Crippen LogP contribution in [-0.4, -0.2) is 45.7 Å². The lowest BCUT2D eigenvalue weighted by Crippen LogP contribution is -2.46. The highest BCUT2D eigenvalue weighted by molar-refractivity contribution is 7.89. The number of ether oxygens (including phenoxy) is 1. The number of rotatable bonds is 8. The van der Waals surface area contributed by atoms with Gasteiger partial charge in [-0.25, -0.2) is 8.42 Å². The van der Waals surface area contributed by atoms with Gasteiger partial charge < -0.3 is 10.1 Å². The quantitative estimate of drug-likeness (QED) is 0.575. The number of hydrogen-bond donors (Lipinski definition) is 2. The lowest BCUT2D eigenvalue weighted by atomic mass is 10.1. The van der Waals surface area contributed by atoms with Crippen LogP contribution in [0.15, 0.2) is 23.1 Å². The van der Waals surface area contributed by atoms with Gasteiger partial charge in [-0.1, -0.05) is 43.1 Å². The highest BCUT2D eigenvalue weighted by Gasteiger charge is 2.33. The molecule has 0 aliphatic rings. The Hall–Kier alpha value is -1.56. The SMILES string of the molecule is CC(C)[C@H](NS(=O)(=O)c1c(Cl)cccc1Cl)C(=O)OCC(=O)NCC(F)(F)F. The zero-order chi connectivity index (χ0) is 21.7. The maximum atomic E-state index is 12.6. The molecule has 0 fully saturated rings. The molecule has 7 nitrogen and oxygen atoms in total. The largest absolute Gasteiger partial charge is 0.454 e. The molecular formula is C15H17Cl2F3N2O5S. The van der Waals surface area contributed by atoms with Gasteiger partial charge in [0.2, 0.25) is 10.0 Å². The highest BCUT2D eigenvalue weighted by atomic mass is 35.5. The third kappa shape index (κ3) is 7.46. The predicted octanol–water partition coefficient (Wildman–Crippen LogP) is 2.52. The molecule has 0 saturated carbocycles. The Morgan fingerprint density at radius 3 is 2.18 bits per heavy atom. The summed E-state index contributed by atoms with van der Waals surface area (Å²) in [5, 5.41) is 1.16. The Bertz CT molecular complexity index is 811. The van der Waals surface area contributed by atoms with Gasteiger partial charge in [-0.15, -0.1) is 0 Å². The van der Waals surface area contributed by atoms with Crippen molar-refractivity contribution in [3.63, 3.8) is 0 Å². The summed E-state index contributed by atoms with van der Waals surface area (Å²) in [6, 6.07) is 2.57. The lowest BCUT2D eigenvalue weighted by Gasteiger charge is -2.21. The minimum atomic E-state index is -4.62. The second-order valence-electron chi connectivity index (χ2n) is 5.89. The van der Waals surface area contributed by atoms with E-state index in [4.69, 9.17) is 23.2 Å². The van der Waals surface area contributed by atoms with Gasteiger partial charge in [-0.05, 0) is 18.1 Å². The van der Waals surface area contributed by atoms with E-state index in [-0.39, 0.29) is 10.0 Å². The number of sulfonamides is 1. The molecule has 0 saturated heterocycles. The van der Waals surface area contributed by atoms with E-state index in [1.165, 1.54) is 37.4 Å². The molecule has 1 rings (SSSR count). The third-order valence-electron chi connectivity index (χ3n) is 3.22. The number of amides is 1. The van der Waals surface area contributed by atoms with E-state index in [1.807, 2.05) is 0 Å². The van der Waals surface area contributed by atoms with Gasteiger partial charge >= 0.3 is 12.1 Å². The number of alkyl halides is 3. The summed E-state index contributed by atoms with van der Waals surface area (Å²) in [6.45, 7) is 0.389. The molecule has 0 unspecified atom stereocenters. The van der Waals surface area contributed by atoms with Gasteiger partial charge in [0.15, 0.2) is 6.61 Å². The standard InChI is InChI=1S/C15H17Cl2F3N2O5S/c1-8(2)12(14(24)27-6-11(23)21-7-15(18,19)20)22-28(25,26)13-9(16)4-3-5-10(13)17/h3-5,8,12,22H,6-7H2,1-2H3,(H,21,23)/t12-/m0/s1. The molecule has 0 aliphatic heterocycles. The Balaban J connectivity index is 2.85. The van der Waals surface area contributed by atoms with Crippen LogP contribution >= 0.6 is 23.2 Å². The summed E-state index contributed by atoms with van der Waals surface area (Å²) in [4.78, 5) is 23.0. The van der Waals surface area contributed by atoms with Crippen LogP contribution < -0.4 is 10.0 Å². The van der Waals surface area contributed by atoms with Crippen molar-refractivity contribution in [2.75, 3.05) is 13.2 Å². The van der Waals surface area contributed by atoms with E-state index in [1.54, 1.807) is 0 Å². The fourth-order valence-corrected chi connectivity index (χ4v) is 4.37. The first-order chi connectivity index (χ1) is 12.7. The van der Waals surface area contributed by atoms with Crippen molar-refractivity contribution in [2.45, 2.75) is 31.0 Å². The van der Waals surface area contributed by atoms with E-state index >= 15 is 0 Å². The zero-order valence-electron chi connectivity index (χ0n) is 14.6. The molecule has 0 bridgehead atoms. The van der Waals surface area contributed by atoms with E-state index in [2.05, 4.69) is 9.46 Å². The number of hydrogen-bond acceptors (Lipinski definition) is 5. The fraction of sp³-hybridized carbons (Fsp3) is 0.467. The summed E-state index contributed by atoms with van der Waals surface area (Å²) in [5.41, 5.74) is 0. The first-order valence-electron chi connectivity index (χ1n) is 7.71. The van der Waals surface area contributed by atoms with Gasteiger partial charge in [0, 0.05) is 0 Å². The molecule has 1 aromatic carbocycles. The number of benzene rings is 1. The van der Waals surface area contributed by atoms with Crippen LogP contribution in [0.2, 0.25) is 10.0 Å². The first-order valence-corrected chi connectivity index (χ1v) is 9.95. The normalized spacial score (nSPS) is 13.3. The number of halogens is 5. The second-order valence-corrected chi connectivity index (χ2v) is 8.36. The monoisotopic (exact) mass is 464 g/mol. The topological polar surface area (TPSA) is 102 Å². The summed E-state index contributed by atoms with van der Waals surface area (Å²) >= 11 is 11.7. The second kappa shape index (κ2) is 9.77. The van der Waals surface area contributed by atoms with Crippen LogP contribution in [-0.2, 0) is 24.3 Å². The maximum absolute atomic E-state index is 12.6. The van der Waals surface area contributed by atoms with Crippen molar-refractivity contribution in [3.05, 3.63) is 28.2 Å². The Morgan fingerprint density at radius 2 is 1.71 bits per heavy atom. The van der Waals surface area contributed by atoms with Crippen LogP contribution in [0.25, 0.3) is 0 Å². The number of carbonyl (C=O) groups is 2. The molecular weight excluding hydrogens is 448 g/mol. The molecule has 0 heterocycles. The van der Waals surface area contributed by atoms with Crippen LogP contribution in [0.5, 0.6) is 0 Å². The molecule has 2 N–H and O–H groups in total. The highest BCUT2D eigenvalue weighted by Crippen LogP contribution is 2.29. The summed E-state index contributed by atoms with van der Waals surface area (Å²) < 4.78 is 67.9. The molecule has 0 aliphatic carbocycles. The number of carbonyl (C=O) groups excluding carboxylic acids is 2. The maximum Gasteiger partial charge on any atom is 0.405 e. The van der Waals surface area contributed by atoms with Crippen LogP contribution in [0.4, 0.5) is 13.2 Å². The predicted molar refractivity (Wildman–Crippen MR) is 95.4 cm³/mol. The van der Waals surface area contributed by atoms with E-state index in [0.29, 0.717) is 0 Å². The number of esters is 1. The number of nitrogens with one attached hydrogen (secondary N) is 2. The van der Waals surface area contributed by atoms with Crippen molar-refractivity contribution < 1.29 is 35.9 Å². The van der Waals surface area contributed by atoms with Crippen LogP contribution in [0.1, 0.15) is 13.8 Å². The summed E-state index contributed by atoms with van der Waals surface area (Å²) in [5.74, 6) is -2.96. The summed E-state index contributed by atoms with van der Waals surface area (Å²) in [7, 11) is -4.34. The molecule has 0 spiro atoms. The van der Waals surface area contributed by atoms with Crippen molar-refractivity contribution in [3.8, 4) is 0 Å². The first kappa shape index (κ1) is 24.5. The van der Waals surface area contributed by atoms with Gasteiger partial charge in [0.1, 0.15) is 17.5 Å². The molecule has 1 aromatic rings. The molecule has 1 amide bonds. The zero-order valence-corrected chi connectivity index (χ0v) is 17.0. The van der Waals surface area contributed by atoms with Crippen molar-refractivity contribution in [1.82, 2.24) is 10.0 Å². The Morgan fingerprint density at radius 1 is 1.18 bits per heavy atom. The molecule has 0 aromatic heterocycles. The average molecular weight is 465 g/mol. The van der Waals surface area contributed by atoms with Gasteiger partial charge in [0.25, 0.3) is 5.91 Å². The average Bonchev–Trinajstić information content (AvgIpc) is 2.54. The molecule has 0 radical (unpaired) electrons. The molecule has 158 valence electrons. The van der Waals surface area contributed by atoms with Crippen LogP contribution in [0, 0.1) is 5.92 Å². The van der Waals surface area contributed by atoms with Crippen molar-refractivity contribution in [1.29, 1.82) is 0 Å². The molecule has 28 heavy (non-hydrogen) atoms. The van der Waals surface area contributed by atoms with Gasteiger partial charge in [-0.2, -0.15) is 17.9 Å². The Labute approximate surface area is 169 Å². The smallest absolute Gasteiger partial charge is 0.405 e. The fourth-order valence-electron chi connectivity index (χ4n) is 1.90.